The molecule has 0 radical (unpaired) electrons. The molecule has 1 amide bonds. The average Bonchev–Trinajstić information content (AvgIpc) is 2.80. The minimum Gasteiger partial charge on any atom is -0.378 e. The van der Waals surface area contributed by atoms with Crippen LogP contribution in [0.5, 0.6) is 0 Å². The van der Waals surface area contributed by atoms with Crippen LogP contribution in [-0.4, -0.2) is 42.2 Å². The number of amides is 1. The second kappa shape index (κ2) is 9.05. The average molecular weight is 402 g/mol. The van der Waals surface area contributed by atoms with Gasteiger partial charge in [-0.25, -0.2) is 4.98 Å². The molecule has 0 saturated carbocycles. The molecule has 0 spiro atoms. The van der Waals surface area contributed by atoms with Gasteiger partial charge in [0.1, 0.15) is 5.69 Å². The molecule has 2 heterocycles. The van der Waals surface area contributed by atoms with Gasteiger partial charge in [0.05, 0.1) is 13.2 Å². The van der Waals surface area contributed by atoms with E-state index in [1.165, 1.54) is 5.56 Å². The Morgan fingerprint density at radius 3 is 2.50 bits per heavy atom. The fourth-order valence-corrected chi connectivity index (χ4v) is 3.50. The highest BCUT2D eigenvalue weighted by Gasteiger charge is 2.18. The number of carbonyl (C=O) groups excluding carboxylic acids is 1. The topological polar surface area (TPSA) is 67.4 Å². The number of carbonyl (C=O) groups is 1. The van der Waals surface area contributed by atoms with E-state index in [-0.39, 0.29) is 5.91 Å². The SMILES string of the molecule is CC(C)c1cccc(NC(=O)c2ccc(-c3nccnc3N3CCOCC3)cc2)c1. The summed E-state index contributed by atoms with van der Waals surface area (Å²) in [4.78, 5) is 24.0. The van der Waals surface area contributed by atoms with Crippen molar-refractivity contribution in [3.8, 4) is 11.3 Å². The van der Waals surface area contributed by atoms with Crippen molar-refractivity contribution in [2.75, 3.05) is 36.5 Å². The summed E-state index contributed by atoms with van der Waals surface area (Å²) in [5.74, 6) is 1.13. The standard InChI is InChI=1S/C24H26N4O2/c1-17(2)20-4-3-5-21(16-20)27-24(29)19-8-6-18(7-9-19)22-23(26-11-10-25-22)28-12-14-30-15-13-28/h3-11,16-17H,12-15H2,1-2H3,(H,27,29). The first-order valence-electron chi connectivity index (χ1n) is 10.3. The zero-order valence-electron chi connectivity index (χ0n) is 17.3. The molecule has 0 unspecified atom stereocenters. The van der Waals surface area contributed by atoms with Crippen molar-refractivity contribution in [2.45, 2.75) is 19.8 Å². The quantitative estimate of drug-likeness (QED) is 0.687. The second-order valence-corrected chi connectivity index (χ2v) is 7.64. The predicted octanol–water partition coefficient (Wildman–Crippen LogP) is 4.36. The van der Waals surface area contributed by atoms with Crippen molar-refractivity contribution in [1.29, 1.82) is 0 Å². The molecule has 6 nitrogen and oxygen atoms in total. The third-order valence-electron chi connectivity index (χ3n) is 5.22. The summed E-state index contributed by atoms with van der Waals surface area (Å²) >= 11 is 0. The van der Waals surface area contributed by atoms with Gasteiger partial charge in [0.25, 0.3) is 5.91 Å². The third-order valence-corrected chi connectivity index (χ3v) is 5.22. The van der Waals surface area contributed by atoms with Gasteiger partial charge in [-0.15, -0.1) is 0 Å². The van der Waals surface area contributed by atoms with E-state index < -0.39 is 0 Å². The van der Waals surface area contributed by atoms with E-state index in [0.29, 0.717) is 24.7 Å². The van der Waals surface area contributed by atoms with Crippen molar-refractivity contribution in [2.24, 2.45) is 0 Å². The number of anilines is 2. The van der Waals surface area contributed by atoms with Gasteiger partial charge in [-0.3, -0.25) is 9.78 Å². The number of nitrogens with zero attached hydrogens (tertiary/aromatic N) is 3. The van der Waals surface area contributed by atoms with Crippen LogP contribution < -0.4 is 10.2 Å². The van der Waals surface area contributed by atoms with Crippen molar-refractivity contribution in [1.82, 2.24) is 9.97 Å². The van der Waals surface area contributed by atoms with Gasteiger partial charge in [-0.05, 0) is 35.7 Å². The highest BCUT2D eigenvalue weighted by Crippen LogP contribution is 2.27. The summed E-state index contributed by atoms with van der Waals surface area (Å²) in [7, 11) is 0. The van der Waals surface area contributed by atoms with Gasteiger partial charge in [0, 0.05) is 42.3 Å². The lowest BCUT2D eigenvalue weighted by Gasteiger charge is -2.28. The van der Waals surface area contributed by atoms with Crippen LogP contribution in [0.1, 0.15) is 35.7 Å². The number of ether oxygens (including phenoxy) is 1. The van der Waals surface area contributed by atoms with E-state index in [1.807, 2.05) is 42.5 Å². The molecule has 154 valence electrons. The van der Waals surface area contributed by atoms with Crippen LogP contribution >= 0.6 is 0 Å². The fraction of sp³-hybridized carbons (Fsp3) is 0.292. The minimum absolute atomic E-state index is 0.130. The first kappa shape index (κ1) is 20.0. The van der Waals surface area contributed by atoms with E-state index in [4.69, 9.17) is 4.74 Å². The van der Waals surface area contributed by atoms with Crippen LogP contribution in [0.25, 0.3) is 11.3 Å². The van der Waals surface area contributed by atoms with Gasteiger partial charge >= 0.3 is 0 Å². The Balaban J connectivity index is 1.52. The van der Waals surface area contributed by atoms with Crippen LogP contribution in [0.15, 0.2) is 60.9 Å². The van der Waals surface area contributed by atoms with Gasteiger partial charge in [0.2, 0.25) is 0 Å². The molecule has 2 aromatic carbocycles. The molecule has 1 saturated heterocycles. The number of morpholine rings is 1. The molecule has 6 heteroatoms. The summed E-state index contributed by atoms with van der Waals surface area (Å²) < 4.78 is 5.44. The summed E-state index contributed by atoms with van der Waals surface area (Å²) in [6.07, 6.45) is 3.41. The Kier molecular flexibility index (Phi) is 6.05. The Morgan fingerprint density at radius 1 is 1.03 bits per heavy atom. The van der Waals surface area contributed by atoms with Gasteiger partial charge < -0.3 is 15.0 Å². The van der Waals surface area contributed by atoms with E-state index in [9.17, 15) is 4.79 Å². The normalized spacial score (nSPS) is 14.0. The lowest BCUT2D eigenvalue weighted by atomic mass is 10.0. The molecule has 0 atom stereocenters. The maximum atomic E-state index is 12.7. The van der Waals surface area contributed by atoms with Gasteiger partial charge in [-0.2, -0.15) is 0 Å². The van der Waals surface area contributed by atoms with E-state index >= 15 is 0 Å². The summed E-state index contributed by atoms with van der Waals surface area (Å²) in [6, 6.07) is 15.5. The monoisotopic (exact) mass is 402 g/mol. The van der Waals surface area contributed by atoms with Gasteiger partial charge in [0.15, 0.2) is 5.82 Å². The lowest BCUT2D eigenvalue weighted by Crippen LogP contribution is -2.37. The van der Waals surface area contributed by atoms with Crippen LogP contribution in [0.3, 0.4) is 0 Å². The molecule has 0 bridgehead atoms. The van der Waals surface area contributed by atoms with Crippen molar-refractivity contribution < 1.29 is 9.53 Å². The van der Waals surface area contributed by atoms with Crippen LogP contribution in [-0.2, 0) is 4.74 Å². The number of benzene rings is 2. The van der Waals surface area contributed by atoms with E-state index in [2.05, 4.69) is 40.1 Å². The molecule has 1 fully saturated rings. The largest absolute Gasteiger partial charge is 0.378 e. The molecular formula is C24H26N4O2. The highest BCUT2D eigenvalue weighted by molar-refractivity contribution is 6.04. The van der Waals surface area contributed by atoms with E-state index in [0.717, 1.165) is 35.9 Å². The Bertz CT molecular complexity index is 1010. The Morgan fingerprint density at radius 2 is 1.77 bits per heavy atom. The molecule has 30 heavy (non-hydrogen) atoms. The number of nitrogens with one attached hydrogen (secondary N) is 1. The van der Waals surface area contributed by atoms with Crippen LogP contribution in [0.4, 0.5) is 11.5 Å². The minimum atomic E-state index is -0.130. The van der Waals surface area contributed by atoms with E-state index in [1.54, 1.807) is 12.4 Å². The van der Waals surface area contributed by atoms with Gasteiger partial charge in [-0.1, -0.05) is 38.1 Å². The number of hydrogen-bond acceptors (Lipinski definition) is 5. The maximum Gasteiger partial charge on any atom is 0.255 e. The molecule has 0 aliphatic carbocycles. The molecule has 1 aliphatic heterocycles. The lowest BCUT2D eigenvalue weighted by molar-refractivity contribution is 0.102. The maximum absolute atomic E-state index is 12.7. The zero-order valence-corrected chi connectivity index (χ0v) is 17.3. The second-order valence-electron chi connectivity index (χ2n) is 7.64. The molecule has 1 aliphatic rings. The molecule has 1 aromatic heterocycles. The first-order valence-corrected chi connectivity index (χ1v) is 10.3. The van der Waals surface area contributed by atoms with Crippen LogP contribution in [0, 0.1) is 0 Å². The molecule has 4 rings (SSSR count). The third kappa shape index (κ3) is 4.49. The Hall–Kier alpha value is -3.25. The van der Waals surface area contributed by atoms with Crippen molar-refractivity contribution in [3.05, 3.63) is 72.1 Å². The van der Waals surface area contributed by atoms with Crippen molar-refractivity contribution in [3.63, 3.8) is 0 Å². The smallest absolute Gasteiger partial charge is 0.255 e. The van der Waals surface area contributed by atoms with Crippen molar-refractivity contribution >= 4 is 17.4 Å². The summed E-state index contributed by atoms with van der Waals surface area (Å²) in [6.45, 7) is 7.23. The number of aromatic nitrogens is 2. The fourth-order valence-electron chi connectivity index (χ4n) is 3.50. The number of hydrogen-bond donors (Lipinski definition) is 1. The molecule has 3 aromatic rings. The zero-order chi connectivity index (χ0) is 20.9. The summed E-state index contributed by atoms with van der Waals surface area (Å²) in [5, 5.41) is 2.99. The molecular weight excluding hydrogens is 376 g/mol. The van der Waals surface area contributed by atoms with Crippen LogP contribution in [0.2, 0.25) is 0 Å². The number of rotatable bonds is 5. The highest BCUT2D eigenvalue weighted by atomic mass is 16.5. The predicted molar refractivity (Wildman–Crippen MR) is 119 cm³/mol. The summed E-state index contributed by atoms with van der Waals surface area (Å²) in [5.41, 5.74) is 4.35. The first-order chi connectivity index (χ1) is 14.6. The Labute approximate surface area is 176 Å². The molecule has 1 N–H and O–H groups in total.